The molecule has 1 aliphatic heterocycles. The smallest absolute Gasteiger partial charge is 0.194 e. The maximum absolute atomic E-state index is 12.3. The van der Waals surface area contributed by atoms with E-state index in [-0.39, 0.29) is 5.78 Å². The Morgan fingerprint density at radius 1 is 1.28 bits per heavy atom. The van der Waals surface area contributed by atoms with Gasteiger partial charge in [0.2, 0.25) is 0 Å². The van der Waals surface area contributed by atoms with E-state index < -0.39 is 6.10 Å². The van der Waals surface area contributed by atoms with E-state index >= 15 is 0 Å². The first-order chi connectivity index (χ1) is 8.63. The van der Waals surface area contributed by atoms with Gasteiger partial charge in [-0.1, -0.05) is 0 Å². The molecule has 1 atom stereocenters. The van der Waals surface area contributed by atoms with Gasteiger partial charge in [0.15, 0.2) is 5.78 Å². The second-order valence-electron chi connectivity index (χ2n) is 4.44. The minimum Gasteiger partial charge on any atom is -0.496 e. The molecule has 0 amide bonds. The van der Waals surface area contributed by atoms with Gasteiger partial charge in [-0.15, -0.1) is 0 Å². The summed E-state index contributed by atoms with van der Waals surface area (Å²) in [7, 11) is 1.63. The summed E-state index contributed by atoms with van der Waals surface area (Å²) in [6, 6.07) is 3.74. The Hall–Kier alpha value is -1.39. The van der Waals surface area contributed by atoms with Crippen molar-refractivity contribution in [2.75, 3.05) is 26.9 Å². The third kappa shape index (κ3) is 2.54. The van der Waals surface area contributed by atoms with Crippen LogP contribution in [0.25, 0.3) is 0 Å². The van der Waals surface area contributed by atoms with Crippen LogP contribution >= 0.6 is 0 Å². The van der Waals surface area contributed by atoms with Crippen LogP contribution in [0.3, 0.4) is 0 Å². The van der Waals surface area contributed by atoms with E-state index in [2.05, 4.69) is 0 Å². The molecule has 0 N–H and O–H groups in total. The predicted molar refractivity (Wildman–Crippen MR) is 67.4 cm³/mol. The Kier molecular flexibility index (Phi) is 3.99. The van der Waals surface area contributed by atoms with Crippen LogP contribution in [0.5, 0.6) is 5.75 Å². The second-order valence-corrected chi connectivity index (χ2v) is 4.44. The minimum atomic E-state index is -0.481. The zero-order valence-corrected chi connectivity index (χ0v) is 11.0. The second kappa shape index (κ2) is 5.50. The van der Waals surface area contributed by atoms with E-state index in [1.807, 2.05) is 26.0 Å². The SMILES string of the molecule is COc1cc(C)c(C(=O)C2COCCO2)cc1C. The van der Waals surface area contributed by atoms with Gasteiger partial charge >= 0.3 is 0 Å². The van der Waals surface area contributed by atoms with Crippen LogP contribution in [-0.2, 0) is 9.47 Å². The minimum absolute atomic E-state index is 0.0158. The number of rotatable bonds is 3. The van der Waals surface area contributed by atoms with Crippen LogP contribution in [0.2, 0.25) is 0 Å². The first-order valence-corrected chi connectivity index (χ1v) is 6.02. The predicted octanol–water partition coefficient (Wildman–Crippen LogP) is 1.91. The Morgan fingerprint density at radius 2 is 2.06 bits per heavy atom. The molecule has 1 aromatic rings. The highest BCUT2D eigenvalue weighted by Gasteiger charge is 2.25. The summed E-state index contributed by atoms with van der Waals surface area (Å²) in [5.74, 6) is 0.780. The van der Waals surface area contributed by atoms with Crippen molar-refractivity contribution >= 4 is 5.78 Å². The molecule has 98 valence electrons. The van der Waals surface area contributed by atoms with Gasteiger partial charge in [-0.25, -0.2) is 0 Å². The van der Waals surface area contributed by atoms with Crippen LogP contribution < -0.4 is 4.74 Å². The summed E-state index contributed by atoms with van der Waals surface area (Å²) in [5, 5.41) is 0. The lowest BCUT2D eigenvalue weighted by atomic mass is 9.98. The van der Waals surface area contributed by atoms with E-state index in [0.717, 1.165) is 16.9 Å². The van der Waals surface area contributed by atoms with Crippen LogP contribution in [0.15, 0.2) is 12.1 Å². The van der Waals surface area contributed by atoms with Gasteiger partial charge in [-0.3, -0.25) is 4.79 Å². The average Bonchev–Trinajstić information content (AvgIpc) is 2.41. The molecule has 4 nitrogen and oxygen atoms in total. The van der Waals surface area contributed by atoms with E-state index in [0.29, 0.717) is 25.4 Å². The van der Waals surface area contributed by atoms with Crippen molar-refractivity contribution in [2.24, 2.45) is 0 Å². The quantitative estimate of drug-likeness (QED) is 0.769. The highest BCUT2D eigenvalue weighted by Crippen LogP contribution is 2.24. The molecule has 0 radical (unpaired) electrons. The molecule has 2 rings (SSSR count). The topological polar surface area (TPSA) is 44.8 Å². The molecular weight excluding hydrogens is 232 g/mol. The molecule has 0 aliphatic carbocycles. The summed E-state index contributed by atoms with van der Waals surface area (Å²) in [6.45, 7) is 5.20. The molecule has 1 aromatic carbocycles. The Bertz CT molecular complexity index is 447. The highest BCUT2D eigenvalue weighted by atomic mass is 16.6. The van der Waals surface area contributed by atoms with Gasteiger partial charge in [-0.2, -0.15) is 0 Å². The number of ether oxygens (including phenoxy) is 3. The molecule has 18 heavy (non-hydrogen) atoms. The molecule has 1 aliphatic rings. The molecule has 0 aromatic heterocycles. The fourth-order valence-corrected chi connectivity index (χ4v) is 2.09. The van der Waals surface area contributed by atoms with E-state index in [4.69, 9.17) is 14.2 Å². The number of Topliss-reactive ketones (excluding diaryl/α,β-unsaturated/α-hetero) is 1. The number of hydrogen-bond donors (Lipinski definition) is 0. The number of ketones is 1. The number of methoxy groups -OCH3 is 1. The van der Waals surface area contributed by atoms with Crippen LogP contribution in [0.1, 0.15) is 21.5 Å². The molecule has 1 saturated heterocycles. The van der Waals surface area contributed by atoms with Crippen LogP contribution in [0, 0.1) is 13.8 Å². The van der Waals surface area contributed by atoms with Crippen molar-refractivity contribution in [1.82, 2.24) is 0 Å². The molecule has 1 fully saturated rings. The first-order valence-electron chi connectivity index (χ1n) is 6.02. The molecule has 0 saturated carbocycles. The van der Waals surface area contributed by atoms with Crippen LogP contribution in [0.4, 0.5) is 0 Å². The highest BCUT2D eigenvalue weighted by molar-refractivity contribution is 6.01. The Morgan fingerprint density at radius 3 is 2.67 bits per heavy atom. The third-order valence-electron chi connectivity index (χ3n) is 3.12. The summed E-state index contributed by atoms with van der Waals surface area (Å²) in [6.07, 6.45) is -0.481. The lowest BCUT2D eigenvalue weighted by Crippen LogP contribution is -2.35. The van der Waals surface area contributed by atoms with Crippen molar-refractivity contribution in [3.63, 3.8) is 0 Å². The number of carbonyl (C=O) groups is 1. The molecule has 1 unspecified atom stereocenters. The largest absolute Gasteiger partial charge is 0.496 e. The monoisotopic (exact) mass is 250 g/mol. The van der Waals surface area contributed by atoms with Gasteiger partial charge in [0.1, 0.15) is 11.9 Å². The zero-order valence-electron chi connectivity index (χ0n) is 11.0. The zero-order chi connectivity index (χ0) is 13.1. The molecule has 4 heteroatoms. The first kappa shape index (κ1) is 13.1. The summed E-state index contributed by atoms with van der Waals surface area (Å²) >= 11 is 0. The van der Waals surface area contributed by atoms with Crippen molar-refractivity contribution in [1.29, 1.82) is 0 Å². The molecular formula is C14H18O4. The lowest BCUT2D eigenvalue weighted by Gasteiger charge is -2.22. The van der Waals surface area contributed by atoms with E-state index in [9.17, 15) is 4.79 Å². The van der Waals surface area contributed by atoms with Crippen molar-refractivity contribution in [2.45, 2.75) is 20.0 Å². The van der Waals surface area contributed by atoms with Gasteiger partial charge in [0, 0.05) is 5.56 Å². The maximum Gasteiger partial charge on any atom is 0.194 e. The third-order valence-corrected chi connectivity index (χ3v) is 3.12. The number of aryl methyl sites for hydroxylation is 2. The summed E-state index contributed by atoms with van der Waals surface area (Å²) in [4.78, 5) is 12.3. The average molecular weight is 250 g/mol. The number of carbonyl (C=O) groups excluding carboxylic acids is 1. The van der Waals surface area contributed by atoms with Gasteiger partial charge in [-0.05, 0) is 37.1 Å². The number of hydrogen-bond acceptors (Lipinski definition) is 4. The van der Waals surface area contributed by atoms with Crippen molar-refractivity contribution < 1.29 is 19.0 Å². The maximum atomic E-state index is 12.3. The van der Waals surface area contributed by atoms with E-state index in [1.54, 1.807) is 7.11 Å². The Balaban J connectivity index is 2.27. The number of benzene rings is 1. The summed E-state index contributed by atoms with van der Waals surface area (Å²) in [5.41, 5.74) is 2.53. The molecule has 1 heterocycles. The van der Waals surface area contributed by atoms with Crippen molar-refractivity contribution in [3.05, 3.63) is 28.8 Å². The molecule has 0 spiro atoms. The normalized spacial score (nSPS) is 19.6. The summed E-state index contributed by atoms with van der Waals surface area (Å²) < 4.78 is 15.9. The van der Waals surface area contributed by atoms with Gasteiger partial charge < -0.3 is 14.2 Å². The van der Waals surface area contributed by atoms with Gasteiger partial charge in [0.25, 0.3) is 0 Å². The fraction of sp³-hybridized carbons (Fsp3) is 0.500. The Labute approximate surface area is 107 Å². The van der Waals surface area contributed by atoms with Crippen molar-refractivity contribution in [3.8, 4) is 5.75 Å². The van der Waals surface area contributed by atoms with Gasteiger partial charge in [0.05, 0.1) is 26.9 Å². The van der Waals surface area contributed by atoms with E-state index in [1.165, 1.54) is 0 Å². The standard InChI is InChI=1S/C14H18O4/c1-9-7-12(16-3)10(2)6-11(9)14(15)13-8-17-4-5-18-13/h6-7,13H,4-5,8H2,1-3H3. The fourth-order valence-electron chi connectivity index (χ4n) is 2.09. The lowest BCUT2D eigenvalue weighted by molar-refractivity contribution is -0.0719. The molecule has 0 bridgehead atoms. The van der Waals surface area contributed by atoms with Crippen LogP contribution in [-0.4, -0.2) is 38.8 Å².